The van der Waals surface area contributed by atoms with Gasteiger partial charge in [0, 0.05) is 12.5 Å². The maximum absolute atomic E-state index is 12.0. The van der Waals surface area contributed by atoms with Gasteiger partial charge in [-0.25, -0.2) is 5.48 Å². The highest BCUT2D eigenvalue weighted by Gasteiger charge is 2.29. The lowest BCUT2D eigenvalue weighted by molar-refractivity contribution is -0.137. The number of hydrogen-bond acceptors (Lipinski definition) is 3. The first-order valence-electron chi connectivity index (χ1n) is 4.77. The van der Waals surface area contributed by atoms with Gasteiger partial charge >= 0.3 is 6.18 Å². The van der Waals surface area contributed by atoms with E-state index in [9.17, 15) is 22.8 Å². The highest BCUT2D eigenvalue weighted by molar-refractivity contribution is 5.94. The van der Waals surface area contributed by atoms with Gasteiger partial charge in [-0.05, 0) is 19.1 Å². The molecule has 2 N–H and O–H groups in total. The molecule has 0 spiro atoms. The van der Waals surface area contributed by atoms with E-state index in [1.165, 1.54) is 31.5 Å². The van der Waals surface area contributed by atoms with E-state index in [1.54, 1.807) is 0 Å². The summed E-state index contributed by atoms with van der Waals surface area (Å²) in [5.41, 5.74) is 0.936. The Morgan fingerprint density at radius 1 is 1.11 bits per heavy atom. The first kappa shape index (κ1) is 16.1. The number of nitrogens with one attached hydrogen (secondary N) is 1. The zero-order valence-electron chi connectivity index (χ0n) is 9.71. The second-order valence-electron chi connectivity index (χ2n) is 3.30. The Bertz CT molecular complexity index is 413. The summed E-state index contributed by atoms with van der Waals surface area (Å²) in [7, 11) is 0. The average Bonchev–Trinajstić information content (AvgIpc) is 2.28. The highest BCUT2D eigenvalue weighted by atomic mass is 19.4. The van der Waals surface area contributed by atoms with Crippen molar-refractivity contribution in [2.45, 2.75) is 20.0 Å². The molecule has 1 aromatic rings. The Hall–Kier alpha value is -1.89. The molecule has 0 aliphatic heterocycles. The molecular weight excluding hydrogens is 251 g/mol. The Morgan fingerprint density at radius 3 is 1.72 bits per heavy atom. The Labute approximate surface area is 101 Å². The SMILES string of the molecule is CC(=O)NO.CC(=O)c1ccc(C(F)(F)F)cc1. The van der Waals surface area contributed by atoms with Crippen LogP contribution in [0.15, 0.2) is 24.3 Å². The van der Waals surface area contributed by atoms with Crippen LogP contribution in [0.25, 0.3) is 0 Å². The van der Waals surface area contributed by atoms with Crippen LogP contribution in [0, 0.1) is 0 Å². The minimum Gasteiger partial charge on any atom is -0.295 e. The van der Waals surface area contributed by atoms with E-state index >= 15 is 0 Å². The predicted molar refractivity (Wildman–Crippen MR) is 57.1 cm³/mol. The minimum absolute atomic E-state index is 0.242. The molecule has 0 aromatic heterocycles. The van der Waals surface area contributed by atoms with Crippen molar-refractivity contribution >= 4 is 11.7 Å². The average molecular weight is 263 g/mol. The molecule has 0 bridgehead atoms. The van der Waals surface area contributed by atoms with Crippen LogP contribution < -0.4 is 5.48 Å². The lowest BCUT2D eigenvalue weighted by atomic mass is 10.1. The van der Waals surface area contributed by atoms with Crippen molar-refractivity contribution in [1.29, 1.82) is 0 Å². The van der Waals surface area contributed by atoms with E-state index < -0.39 is 17.6 Å². The number of amides is 1. The normalized spacial score (nSPS) is 10.1. The molecule has 0 heterocycles. The molecule has 18 heavy (non-hydrogen) atoms. The number of hydrogen-bond donors (Lipinski definition) is 2. The van der Waals surface area contributed by atoms with E-state index in [0.717, 1.165) is 12.1 Å². The number of hydroxylamine groups is 1. The first-order valence-corrected chi connectivity index (χ1v) is 4.77. The third-order valence-corrected chi connectivity index (χ3v) is 1.78. The molecule has 0 saturated carbocycles. The number of benzene rings is 1. The van der Waals surface area contributed by atoms with Gasteiger partial charge in [0.2, 0.25) is 5.91 Å². The maximum atomic E-state index is 12.0. The van der Waals surface area contributed by atoms with Crippen molar-refractivity contribution in [3.05, 3.63) is 35.4 Å². The molecule has 0 atom stereocenters. The van der Waals surface area contributed by atoms with E-state index in [2.05, 4.69) is 0 Å². The quantitative estimate of drug-likeness (QED) is 0.464. The van der Waals surface area contributed by atoms with Crippen molar-refractivity contribution in [3.63, 3.8) is 0 Å². The highest BCUT2D eigenvalue weighted by Crippen LogP contribution is 2.28. The zero-order chi connectivity index (χ0) is 14.3. The van der Waals surface area contributed by atoms with Gasteiger partial charge in [0.05, 0.1) is 5.56 Å². The minimum atomic E-state index is -4.34. The van der Waals surface area contributed by atoms with Gasteiger partial charge in [-0.15, -0.1) is 0 Å². The summed E-state index contributed by atoms with van der Waals surface area (Å²) in [6, 6.07) is 4.14. The van der Waals surface area contributed by atoms with Gasteiger partial charge in [0.25, 0.3) is 0 Å². The van der Waals surface area contributed by atoms with Crippen molar-refractivity contribution in [1.82, 2.24) is 5.48 Å². The van der Waals surface area contributed by atoms with Crippen molar-refractivity contribution in [2.75, 3.05) is 0 Å². The van der Waals surface area contributed by atoms with E-state index in [-0.39, 0.29) is 11.3 Å². The third kappa shape index (κ3) is 6.00. The number of Topliss-reactive ketones (excluding diaryl/α,β-unsaturated/α-hetero) is 1. The van der Waals surface area contributed by atoms with Crippen molar-refractivity contribution in [2.24, 2.45) is 0 Å². The van der Waals surface area contributed by atoms with Gasteiger partial charge in [0.15, 0.2) is 5.78 Å². The molecule has 0 fully saturated rings. The summed E-state index contributed by atoms with van der Waals surface area (Å²) >= 11 is 0. The van der Waals surface area contributed by atoms with Gasteiger partial charge in [-0.3, -0.25) is 14.8 Å². The van der Waals surface area contributed by atoms with Crippen molar-refractivity contribution in [3.8, 4) is 0 Å². The van der Waals surface area contributed by atoms with Crippen LogP contribution in [-0.4, -0.2) is 16.9 Å². The molecule has 1 rings (SSSR count). The zero-order valence-corrected chi connectivity index (χ0v) is 9.71. The van der Waals surface area contributed by atoms with Crippen LogP contribution >= 0.6 is 0 Å². The summed E-state index contributed by atoms with van der Waals surface area (Å²) in [4.78, 5) is 20.2. The van der Waals surface area contributed by atoms with Crippen LogP contribution in [0.4, 0.5) is 13.2 Å². The number of carbonyl (C=O) groups excluding carboxylic acids is 2. The topological polar surface area (TPSA) is 66.4 Å². The molecule has 0 radical (unpaired) electrons. The Balaban J connectivity index is 0.000000494. The van der Waals surface area contributed by atoms with E-state index in [1.807, 2.05) is 0 Å². The number of alkyl halides is 3. The Kier molecular flexibility index (Phi) is 6.04. The van der Waals surface area contributed by atoms with Crippen molar-refractivity contribution < 1.29 is 28.0 Å². The molecule has 1 amide bonds. The summed E-state index contributed by atoms with van der Waals surface area (Å²) in [5.74, 6) is -0.682. The Morgan fingerprint density at radius 2 is 1.50 bits per heavy atom. The second-order valence-corrected chi connectivity index (χ2v) is 3.30. The molecule has 7 heteroatoms. The fourth-order valence-electron chi connectivity index (χ4n) is 0.894. The predicted octanol–water partition coefficient (Wildman–Crippen LogP) is 2.42. The van der Waals surface area contributed by atoms with Crippen LogP contribution in [0.2, 0.25) is 0 Å². The summed E-state index contributed by atoms with van der Waals surface area (Å²) in [6.07, 6.45) is -4.34. The molecular formula is C11H12F3NO3. The summed E-state index contributed by atoms with van der Waals surface area (Å²) in [5, 5.41) is 7.54. The molecule has 0 aliphatic rings. The second kappa shape index (κ2) is 6.75. The number of ketones is 1. The smallest absolute Gasteiger partial charge is 0.295 e. The van der Waals surface area contributed by atoms with Crippen LogP contribution in [0.5, 0.6) is 0 Å². The molecule has 1 aromatic carbocycles. The standard InChI is InChI=1S/C9H7F3O.C2H5NO2/c1-6(13)7-2-4-8(5-3-7)9(10,11)12;1-2(4)3-5/h2-5H,1H3;5H,1H3,(H,3,4). The van der Waals surface area contributed by atoms with Crippen LogP contribution in [0.1, 0.15) is 29.8 Å². The molecule has 0 aliphatic carbocycles. The molecule has 0 unspecified atom stereocenters. The van der Waals surface area contributed by atoms with Crippen LogP contribution in [0.3, 0.4) is 0 Å². The van der Waals surface area contributed by atoms with Crippen LogP contribution in [-0.2, 0) is 11.0 Å². The monoisotopic (exact) mass is 263 g/mol. The number of rotatable bonds is 1. The van der Waals surface area contributed by atoms with Gasteiger partial charge < -0.3 is 0 Å². The third-order valence-electron chi connectivity index (χ3n) is 1.78. The molecule has 4 nitrogen and oxygen atoms in total. The van der Waals surface area contributed by atoms with Gasteiger partial charge in [0.1, 0.15) is 0 Å². The number of halogens is 3. The van der Waals surface area contributed by atoms with Gasteiger partial charge in [-0.2, -0.15) is 13.2 Å². The fraction of sp³-hybridized carbons (Fsp3) is 0.273. The number of carbonyl (C=O) groups is 2. The van der Waals surface area contributed by atoms with Gasteiger partial charge in [-0.1, -0.05) is 12.1 Å². The van der Waals surface area contributed by atoms with E-state index in [4.69, 9.17) is 5.21 Å². The van der Waals surface area contributed by atoms with E-state index in [0.29, 0.717) is 0 Å². The first-order chi connectivity index (χ1) is 8.18. The summed E-state index contributed by atoms with van der Waals surface area (Å²) in [6.45, 7) is 2.53. The largest absolute Gasteiger partial charge is 0.416 e. The maximum Gasteiger partial charge on any atom is 0.416 e. The fourth-order valence-corrected chi connectivity index (χ4v) is 0.894. The lowest BCUT2D eigenvalue weighted by Crippen LogP contribution is -2.12. The summed E-state index contributed by atoms with van der Waals surface area (Å²) < 4.78 is 36.1. The molecule has 0 saturated heterocycles. The lowest BCUT2D eigenvalue weighted by Gasteiger charge is -2.05. The molecule has 100 valence electrons.